The second-order valence-corrected chi connectivity index (χ2v) is 8.02. The van der Waals surface area contributed by atoms with Crippen LogP contribution < -0.4 is 19.5 Å². The van der Waals surface area contributed by atoms with Crippen LogP contribution >= 0.6 is 11.5 Å². The Balaban J connectivity index is 1.27. The molecule has 0 saturated heterocycles. The molecule has 0 unspecified atom stereocenters. The standard InChI is InChI=1S/C20H10F5N5O5S/c21-19(22,23)33-12-4-2-1-3-8(12)11(31)7-15-28-16(30-36-15)17(32)29-18-26-9-5-13-14(6-10(9)27-18)35-20(24,25)34-13/h1-6H,7H2,(H2,26,27,29,32). The summed E-state index contributed by atoms with van der Waals surface area (Å²) in [6.07, 6.45) is -9.20. The van der Waals surface area contributed by atoms with Crippen LogP contribution in [0.1, 0.15) is 26.0 Å². The zero-order valence-electron chi connectivity index (χ0n) is 17.4. The second kappa shape index (κ2) is 8.40. The largest absolute Gasteiger partial charge is 0.586 e. The zero-order chi connectivity index (χ0) is 25.7. The lowest BCUT2D eigenvalue weighted by atomic mass is 10.1. The monoisotopic (exact) mass is 527 g/mol. The molecule has 0 atom stereocenters. The van der Waals surface area contributed by atoms with E-state index < -0.39 is 36.5 Å². The number of Topliss-reactive ketones (excluding diaryl/α,β-unsaturated/α-hetero) is 1. The topological polar surface area (TPSA) is 128 Å². The summed E-state index contributed by atoms with van der Waals surface area (Å²) in [7, 11) is 0. The normalized spacial score (nSPS) is 14.1. The van der Waals surface area contributed by atoms with Crippen molar-refractivity contribution in [3.63, 3.8) is 0 Å². The van der Waals surface area contributed by atoms with E-state index in [0.717, 1.165) is 6.07 Å². The van der Waals surface area contributed by atoms with Crippen molar-refractivity contribution in [2.24, 2.45) is 0 Å². The molecule has 1 aliphatic rings. The third-order valence-electron chi connectivity index (χ3n) is 4.63. The molecular weight excluding hydrogens is 517 g/mol. The number of halogens is 5. The Bertz CT molecular complexity index is 1460. The third kappa shape index (κ3) is 4.88. The summed E-state index contributed by atoms with van der Waals surface area (Å²) in [5.74, 6) is -3.02. The van der Waals surface area contributed by atoms with Gasteiger partial charge in [-0.3, -0.25) is 14.9 Å². The molecule has 0 aliphatic carbocycles. The number of alkyl halides is 5. The number of H-pyrrole nitrogens is 1. The van der Waals surface area contributed by atoms with Crippen molar-refractivity contribution in [2.75, 3.05) is 5.32 Å². The van der Waals surface area contributed by atoms with Gasteiger partial charge in [-0.25, -0.2) is 9.97 Å². The number of anilines is 1. The van der Waals surface area contributed by atoms with Gasteiger partial charge in [0.25, 0.3) is 5.91 Å². The highest BCUT2D eigenvalue weighted by Crippen LogP contribution is 2.43. The van der Waals surface area contributed by atoms with E-state index in [0.29, 0.717) is 11.5 Å². The number of nitrogens with one attached hydrogen (secondary N) is 2. The van der Waals surface area contributed by atoms with Gasteiger partial charge < -0.3 is 19.2 Å². The van der Waals surface area contributed by atoms with Gasteiger partial charge in [0.1, 0.15) is 10.8 Å². The summed E-state index contributed by atoms with van der Waals surface area (Å²) in [5, 5.41) is 2.46. The predicted molar refractivity (Wildman–Crippen MR) is 111 cm³/mol. The number of aromatic nitrogens is 4. The molecule has 0 bridgehead atoms. The van der Waals surface area contributed by atoms with Crippen molar-refractivity contribution in [3.05, 3.63) is 52.8 Å². The first kappa shape index (κ1) is 23.4. The van der Waals surface area contributed by atoms with E-state index in [2.05, 4.69) is 38.9 Å². The quantitative estimate of drug-likeness (QED) is 0.281. The van der Waals surface area contributed by atoms with Crippen molar-refractivity contribution in [2.45, 2.75) is 19.1 Å². The summed E-state index contributed by atoms with van der Waals surface area (Å²) >= 11 is 0.709. The molecule has 2 N–H and O–H groups in total. The van der Waals surface area contributed by atoms with E-state index in [1.807, 2.05) is 0 Å². The average molecular weight is 527 g/mol. The van der Waals surface area contributed by atoms with Gasteiger partial charge in [0.2, 0.25) is 11.8 Å². The fourth-order valence-corrected chi connectivity index (χ4v) is 3.88. The molecule has 1 amide bonds. The number of rotatable bonds is 6. The summed E-state index contributed by atoms with van der Waals surface area (Å²) in [4.78, 5) is 35.7. The Kier molecular flexibility index (Phi) is 5.46. The maximum Gasteiger partial charge on any atom is 0.586 e. The van der Waals surface area contributed by atoms with Crippen LogP contribution in [0, 0.1) is 0 Å². The molecule has 1 aliphatic heterocycles. The van der Waals surface area contributed by atoms with Crippen LogP contribution in [0.5, 0.6) is 17.2 Å². The van der Waals surface area contributed by atoms with E-state index in [1.165, 1.54) is 30.3 Å². The predicted octanol–water partition coefficient (Wildman–Crippen LogP) is 4.31. The molecule has 186 valence electrons. The number of amides is 1. The minimum Gasteiger partial charge on any atom is -0.405 e. The summed E-state index contributed by atoms with van der Waals surface area (Å²) in [6.45, 7) is 0. The van der Waals surface area contributed by atoms with Crippen LogP contribution in [0.25, 0.3) is 11.0 Å². The summed E-state index contributed by atoms with van der Waals surface area (Å²) in [6, 6.07) is 7.26. The van der Waals surface area contributed by atoms with Gasteiger partial charge in [-0.05, 0) is 23.7 Å². The van der Waals surface area contributed by atoms with Crippen LogP contribution in [0.15, 0.2) is 36.4 Å². The molecule has 36 heavy (non-hydrogen) atoms. The molecule has 16 heteroatoms. The number of nitrogens with zero attached hydrogens (tertiary/aromatic N) is 3. The van der Waals surface area contributed by atoms with Crippen LogP contribution in [0.4, 0.5) is 27.9 Å². The molecular formula is C20H10F5N5O5S. The summed E-state index contributed by atoms with van der Waals surface area (Å²) in [5.41, 5.74) is 0.154. The first-order valence-corrected chi connectivity index (χ1v) is 10.5. The van der Waals surface area contributed by atoms with Gasteiger partial charge in [-0.2, -0.15) is 4.37 Å². The molecule has 3 heterocycles. The Labute approximate surface area is 200 Å². The molecule has 2 aromatic carbocycles. The maximum atomic E-state index is 13.2. The van der Waals surface area contributed by atoms with E-state index in [1.54, 1.807) is 0 Å². The lowest BCUT2D eigenvalue weighted by Gasteiger charge is -2.11. The summed E-state index contributed by atoms with van der Waals surface area (Å²) < 4.78 is 80.6. The van der Waals surface area contributed by atoms with E-state index in [-0.39, 0.29) is 44.9 Å². The fraction of sp³-hybridized carbons (Fsp3) is 0.150. The number of hydrogen-bond acceptors (Lipinski definition) is 9. The minimum atomic E-state index is -4.98. The van der Waals surface area contributed by atoms with Gasteiger partial charge >= 0.3 is 12.7 Å². The molecule has 0 fully saturated rings. The van der Waals surface area contributed by atoms with Gasteiger partial charge in [0.15, 0.2) is 17.3 Å². The van der Waals surface area contributed by atoms with Crippen LogP contribution in [-0.2, 0) is 6.42 Å². The average Bonchev–Trinajstić information content (AvgIpc) is 3.46. The molecule has 0 radical (unpaired) electrons. The van der Waals surface area contributed by atoms with Crippen LogP contribution in [0.3, 0.4) is 0 Å². The van der Waals surface area contributed by atoms with Crippen molar-refractivity contribution in [1.82, 2.24) is 19.3 Å². The zero-order valence-corrected chi connectivity index (χ0v) is 18.2. The van der Waals surface area contributed by atoms with Crippen LogP contribution in [-0.4, -0.2) is 43.7 Å². The van der Waals surface area contributed by atoms with Crippen molar-refractivity contribution < 1.29 is 45.8 Å². The highest BCUT2D eigenvalue weighted by atomic mass is 32.1. The molecule has 2 aromatic heterocycles. The molecule has 10 nitrogen and oxygen atoms in total. The number of carbonyl (C=O) groups is 2. The van der Waals surface area contributed by atoms with Crippen molar-refractivity contribution in [1.29, 1.82) is 0 Å². The molecule has 4 aromatic rings. The number of fused-ring (bicyclic) bond motifs is 2. The Morgan fingerprint density at radius 1 is 1.11 bits per heavy atom. The van der Waals surface area contributed by atoms with Gasteiger partial charge in [-0.15, -0.1) is 22.0 Å². The van der Waals surface area contributed by atoms with E-state index >= 15 is 0 Å². The number of aromatic amines is 1. The lowest BCUT2D eigenvalue weighted by Crippen LogP contribution is -2.25. The lowest BCUT2D eigenvalue weighted by molar-refractivity contribution is -0.286. The fourth-order valence-electron chi connectivity index (χ4n) is 3.24. The number of imidazole rings is 1. The Morgan fingerprint density at radius 2 is 1.83 bits per heavy atom. The SMILES string of the molecule is O=C(Nc1nc2cc3c(cc2[nH]1)OC(F)(F)O3)c1nsc(CC(=O)c2ccccc2OC(F)(F)F)n1. The first-order chi connectivity index (χ1) is 17.0. The number of benzene rings is 2. The third-order valence-corrected chi connectivity index (χ3v) is 5.34. The minimum absolute atomic E-state index is 0.0592. The highest BCUT2D eigenvalue weighted by molar-refractivity contribution is 7.05. The number of para-hydroxylation sites is 1. The van der Waals surface area contributed by atoms with Crippen molar-refractivity contribution >= 4 is 40.2 Å². The number of carbonyl (C=O) groups excluding carboxylic acids is 2. The second-order valence-electron chi connectivity index (χ2n) is 7.18. The number of hydrogen-bond donors (Lipinski definition) is 2. The first-order valence-electron chi connectivity index (χ1n) is 9.77. The van der Waals surface area contributed by atoms with Gasteiger partial charge in [0.05, 0.1) is 23.0 Å². The number of ketones is 1. The van der Waals surface area contributed by atoms with Crippen LogP contribution in [0.2, 0.25) is 0 Å². The Hall–Kier alpha value is -4.34. The van der Waals surface area contributed by atoms with Crippen molar-refractivity contribution in [3.8, 4) is 17.2 Å². The molecule has 0 spiro atoms. The smallest absolute Gasteiger partial charge is 0.405 e. The maximum absolute atomic E-state index is 13.2. The molecule has 5 rings (SSSR count). The molecule has 0 saturated carbocycles. The van der Waals surface area contributed by atoms with Gasteiger partial charge in [-0.1, -0.05) is 12.1 Å². The highest BCUT2D eigenvalue weighted by Gasteiger charge is 2.43. The van der Waals surface area contributed by atoms with E-state index in [9.17, 15) is 31.5 Å². The van der Waals surface area contributed by atoms with Gasteiger partial charge in [0, 0.05) is 12.1 Å². The number of ether oxygens (including phenoxy) is 3. The van der Waals surface area contributed by atoms with E-state index in [4.69, 9.17) is 0 Å². The Morgan fingerprint density at radius 3 is 2.58 bits per heavy atom.